The molecule has 0 bridgehead atoms. The summed E-state index contributed by atoms with van der Waals surface area (Å²) in [6.07, 6.45) is 2.23. The van der Waals surface area contributed by atoms with Crippen molar-refractivity contribution in [2.24, 2.45) is 0 Å². The van der Waals surface area contributed by atoms with Crippen LogP contribution in [0.5, 0.6) is 0 Å². The van der Waals surface area contributed by atoms with Gasteiger partial charge in [0.05, 0.1) is 12.7 Å². The fraction of sp³-hybridized carbons (Fsp3) is 0.429. The van der Waals surface area contributed by atoms with Crippen LogP contribution in [0.2, 0.25) is 0 Å². The molecular weight excluding hydrogens is 217 g/mol. The summed E-state index contributed by atoms with van der Waals surface area (Å²) >= 11 is 0. The van der Waals surface area contributed by atoms with Gasteiger partial charge < -0.3 is 9.30 Å². The first-order valence-corrected chi connectivity index (χ1v) is 6.00. The highest BCUT2D eigenvalue weighted by Crippen LogP contribution is 2.23. The molecule has 0 radical (unpaired) electrons. The summed E-state index contributed by atoms with van der Waals surface area (Å²) in [5.74, 6) is -0.197. The molecule has 17 heavy (non-hydrogen) atoms. The molecule has 0 aliphatic rings. The van der Waals surface area contributed by atoms with Crippen molar-refractivity contribution in [3.63, 3.8) is 0 Å². The summed E-state index contributed by atoms with van der Waals surface area (Å²) in [5, 5.41) is 0.951. The van der Waals surface area contributed by atoms with E-state index in [0.29, 0.717) is 6.61 Å². The summed E-state index contributed by atoms with van der Waals surface area (Å²) in [5.41, 5.74) is 2.12. The molecule has 2 nitrogen and oxygen atoms in total. The van der Waals surface area contributed by atoms with Crippen molar-refractivity contribution in [3.05, 3.63) is 35.8 Å². The van der Waals surface area contributed by atoms with Gasteiger partial charge in [0.15, 0.2) is 0 Å². The first-order valence-electron chi connectivity index (χ1n) is 6.00. The Labute approximate surface area is 101 Å². The summed E-state index contributed by atoms with van der Waals surface area (Å²) in [6, 6.07) is 4.91. The minimum absolute atomic E-state index is 0.184. The minimum Gasteiger partial charge on any atom is -0.374 e. The quantitative estimate of drug-likeness (QED) is 0.787. The predicted octanol–water partition coefficient (Wildman–Crippen LogP) is 3.73. The lowest BCUT2D eigenvalue weighted by Gasteiger charge is -2.06. The Hall–Kier alpha value is -1.35. The standard InChI is InChI=1S/C14H18FNO/c1-4-16-8-11(9-17-10(2)3)13-7-12(15)5-6-14(13)16/h5-8,10H,4,9H2,1-3H3. The van der Waals surface area contributed by atoms with E-state index in [9.17, 15) is 4.39 Å². The molecule has 0 saturated heterocycles. The van der Waals surface area contributed by atoms with Gasteiger partial charge in [-0.1, -0.05) is 0 Å². The van der Waals surface area contributed by atoms with Crippen LogP contribution in [0.4, 0.5) is 4.39 Å². The smallest absolute Gasteiger partial charge is 0.123 e. The number of fused-ring (bicyclic) bond motifs is 1. The van der Waals surface area contributed by atoms with Gasteiger partial charge in [-0.25, -0.2) is 4.39 Å². The van der Waals surface area contributed by atoms with Crippen LogP contribution in [0.25, 0.3) is 10.9 Å². The third-order valence-corrected chi connectivity index (χ3v) is 2.84. The van der Waals surface area contributed by atoms with Gasteiger partial charge in [0, 0.05) is 29.2 Å². The number of rotatable bonds is 4. The largest absolute Gasteiger partial charge is 0.374 e. The fourth-order valence-electron chi connectivity index (χ4n) is 1.98. The second-order valence-electron chi connectivity index (χ2n) is 4.46. The highest BCUT2D eigenvalue weighted by Gasteiger charge is 2.09. The van der Waals surface area contributed by atoms with Crippen molar-refractivity contribution in [2.75, 3.05) is 0 Å². The molecule has 0 spiro atoms. The van der Waals surface area contributed by atoms with Crippen LogP contribution in [0.3, 0.4) is 0 Å². The SMILES string of the molecule is CCn1cc(COC(C)C)c2cc(F)ccc21. The zero-order valence-electron chi connectivity index (χ0n) is 10.5. The summed E-state index contributed by atoms with van der Waals surface area (Å²) in [4.78, 5) is 0. The molecule has 92 valence electrons. The van der Waals surface area contributed by atoms with Crippen molar-refractivity contribution < 1.29 is 9.13 Å². The monoisotopic (exact) mass is 235 g/mol. The summed E-state index contributed by atoms with van der Waals surface area (Å²) in [7, 11) is 0. The zero-order chi connectivity index (χ0) is 12.4. The molecule has 3 heteroatoms. The lowest BCUT2D eigenvalue weighted by molar-refractivity contribution is 0.0663. The van der Waals surface area contributed by atoms with Gasteiger partial charge in [-0.05, 0) is 39.0 Å². The van der Waals surface area contributed by atoms with Gasteiger partial charge in [-0.3, -0.25) is 0 Å². The van der Waals surface area contributed by atoms with E-state index in [0.717, 1.165) is 23.0 Å². The minimum atomic E-state index is -0.197. The Morgan fingerprint density at radius 1 is 1.35 bits per heavy atom. The van der Waals surface area contributed by atoms with Crippen molar-refractivity contribution >= 4 is 10.9 Å². The van der Waals surface area contributed by atoms with Crippen LogP contribution in [-0.4, -0.2) is 10.7 Å². The molecule has 0 atom stereocenters. The molecule has 0 aliphatic heterocycles. The highest BCUT2D eigenvalue weighted by atomic mass is 19.1. The number of aromatic nitrogens is 1. The Kier molecular flexibility index (Phi) is 3.48. The molecule has 0 N–H and O–H groups in total. The number of nitrogens with zero attached hydrogens (tertiary/aromatic N) is 1. The lowest BCUT2D eigenvalue weighted by atomic mass is 10.2. The van der Waals surface area contributed by atoms with E-state index in [1.165, 1.54) is 6.07 Å². The van der Waals surface area contributed by atoms with Crippen LogP contribution in [0.15, 0.2) is 24.4 Å². The first kappa shape index (κ1) is 12.1. The number of hydrogen-bond acceptors (Lipinski definition) is 1. The van der Waals surface area contributed by atoms with E-state index in [4.69, 9.17) is 4.74 Å². The third kappa shape index (κ3) is 2.50. The second-order valence-corrected chi connectivity index (χ2v) is 4.46. The maximum absolute atomic E-state index is 13.3. The van der Waals surface area contributed by atoms with Crippen LogP contribution >= 0.6 is 0 Å². The third-order valence-electron chi connectivity index (χ3n) is 2.84. The molecule has 0 aliphatic carbocycles. The van der Waals surface area contributed by atoms with E-state index in [-0.39, 0.29) is 11.9 Å². The number of benzene rings is 1. The summed E-state index contributed by atoms with van der Waals surface area (Å²) in [6.45, 7) is 7.49. The maximum atomic E-state index is 13.3. The van der Waals surface area contributed by atoms with E-state index >= 15 is 0 Å². The second kappa shape index (κ2) is 4.88. The lowest BCUT2D eigenvalue weighted by Crippen LogP contribution is -2.01. The molecule has 0 amide bonds. The van der Waals surface area contributed by atoms with Crippen LogP contribution in [0, 0.1) is 5.82 Å². The Morgan fingerprint density at radius 2 is 2.12 bits per heavy atom. The predicted molar refractivity (Wildman–Crippen MR) is 67.5 cm³/mol. The molecule has 1 aromatic heterocycles. The van der Waals surface area contributed by atoms with E-state index in [1.807, 2.05) is 26.1 Å². The number of aryl methyl sites for hydroxylation is 1. The number of ether oxygens (including phenoxy) is 1. The molecule has 2 rings (SSSR count). The van der Waals surface area contributed by atoms with Crippen LogP contribution < -0.4 is 0 Å². The van der Waals surface area contributed by atoms with Crippen molar-refractivity contribution in [1.82, 2.24) is 4.57 Å². The molecule has 1 aromatic carbocycles. The van der Waals surface area contributed by atoms with E-state index in [2.05, 4.69) is 11.5 Å². The topological polar surface area (TPSA) is 14.2 Å². The van der Waals surface area contributed by atoms with Crippen molar-refractivity contribution in [2.45, 2.75) is 40.0 Å². The zero-order valence-corrected chi connectivity index (χ0v) is 10.5. The van der Waals surface area contributed by atoms with Crippen molar-refractivity contribution in [1.29, 1.82) is 0 Å². The molecule has 0 unspecified atom stereocenters. The van der Waals surface area contributed by atoms with Gasteiger partial charge in [0.25, 0.3) is 0 Å². The average Bonchev–Trinajstić information content (AvgIpc) is 2.63. The van der Waals surface area contributed by atoms with E-state index in [1.54, 1.807) is 6.07 Å². The van der Waals surface area contributed by atoms with Crippen LogP contribution in [-0.2, 0) is 17.9 Å². The average molecular weight is 235 g/mol. The fourth-order valence-corrected chi connectivity index (χ4v) is 1.98. The van der Waals surface area contributed by atoms with Gasteiger partial charge in [0.2, 0.25) is 0 Å². The first-order chi connectivity index (χ1) is 8.11. The molecule has 1 heterocycles. The van der Waals surface area contributed by atoms with E-state index < -0.39 is 0 Å². The normalized spacial score (nSPS) is 11.6. The Bertz CT molecular complexity index is 516. The molecule has 2 aromatic rings. The molecular formula is C14H18FNO. The van der Waals surface area contributed by atoms with Crippen LogP contribution in [0.1, 0.15) is 26.3 Å². The van der Waals surface area contributed by atoms with Gasteiger partial charge in [-0.15, -0.1) is 0 Å². The summed E-state index contributed by atoms with van der Waals surface area (Å²) < 4.78 is 21.0. The molecule has 0 saturated carbocycles. The molecule has 0 fully saturated rings. The maximum Gasteiger partial charge on any atom is 0.123 e. The highest BCUT2D eigenvalue weighted by molar-refractivity contribution is 5.84. The Morgan fingerprint density at radius 3 is 2.76 bits per heavy atom. The van der Waals surface area contributed by atoms with Gasteiger partial charge in [-0.2, -0.15) is 0 Å². The number of hydrogen-bond donors (Lipinski definition) is 0. The van der Waals surface area contributed by atoms with Crippen molar-refractivity contribution in [3.8, 4) is 0 Å². The van der Waals surface area contributed by atoms with Gasteiger partial charge >= 0.3 is 0 Å². The number of halogens is 1. The Balaban J connectivity index is 2.43. The van der Waals surface area contributed by atoms with Gasteiger partial charge in [0.1, 0.15) is 5.82 Å².